The Kier molecular flexibility index (Phi) is 7.37. The molecule has 6 heteroatoms. The van der Waals surface area contributed by atoms with Crippen LogP contribution in [0, 0.1) is 5.41 Å². The van der Waals surface area contributed by atoms with Gasteiger partial charge in [-0.2, -0.15) is 0 Å². The quantitative estimate of drug-likeness (QED) is 0.746. The van der Waals surface area contributed by atoms with Gasteiger partial charge >= 0.3 is 0 Å². The van der Waals surface area contributed by atoms with Gasteiger partial charge in [0.15, 0.2) is 0 Å². The lowest BCUT2D eigenvalue weighted by Gasteiger charge is -2.35. The van der Waals surface area contributed by atoms with Crippen molar-refractivity contribution in [2.24, 2.45) is 11.1 Å². The molecule has 0 saturated heterocycles. The molecule has 0 spiro atoms. The third-order valence-electron chi connectivity index (χ3n) is 5.17. The Balaban J connectivity index is 1.71. The number of nitrogens with two attached hydrogens (primary N) is 1. The lowest BCUT2D eigenvalue weighted by Crippen LogP contribution is -2.42. The summed E-state index contributed by atoms with van der Waals surface area (Å²) in [6.45, 7) is 1.16. The van der Waals surface area contributed by atoms with Gasteiger partial charge in [-0.05, 0) is 36.9 Å². The molecule has 1 aromatic heterocycles. The van der Waals surface area contributed by atoms with Gasteiger partial charge in [0.1, 0.15) is 0 Å². The molecule has 0 radical (unpaired) electrons. The maximum absolute atomic E-state index is 12.2. The number of hydrogen-bond acceptors (Lipinski definition) is 4. The molecular weight excluding hydrogens is 316 g/mol. The van der Waals surface area contributed by atoms with Crippen LogP contribution < -0.4 is 11.1 Å². The number of likely N-dealkylation sites (N-methyl/N-ethyl adjacent to an activating group) is 1. The highest BCUT2D eigenvalue weighted by atomic mass is 16.2. The van der Waals surface area contributed by atoms with Crippen molar-refractivity contribution in [3.8, 4) is 0 Å². The van der Waals surface area contributed by atoms with Crippen LogP contribution in [0.2, 0.25) is 0 Å². The van der Waals surface area contributed by atoms with Crippen molar-refractivity contribution in [1.82, 2.24) is 15.2 Å². The minimum atomic E-state index is -0.0882. The monoisotopic (exact) mass is 346 g/mol. The smallest absolute Gasteiger partial charge is 0.241 e. The lowest BCUT2D eigenvalue weighted by molar-refractivity contribution is -0.132. The Morgan fingerprint density at radius 3 is 2.68 bits per heavy atom. The largest absolute Gasteiger partial charge is 0.347 e. The third-order valence-corrected chi connectivity index (χ3v) is 5.17. The van der Waals surface area contributed by atoms with E-state index in [1.54, 1.807) is 18.1 Å². The summed E-state index contributed by atoms with van der Waals surface area (Å²) >= 11 is 0. The molecule has 2 amide bonds. The van der Waals surface area contributed by atoms with Crippen molar-refractivity contribution in [1.29, 1.82) is 0 Å². The molecule has 0 aromatic carbocycles. The van der Waals surface area contributed by atoms with Crippen LogP contribution in [0.3, 0.4) is 0 Å². The molecule has 1 heterocycles. The number of nitrogens with one attached hydrogen (secondary N) is 1. The van der Waals surface area contributed by atoms with E-state index in [0.29, 0.717) is 25.9 Å². The summed E-state index contributed by atoms with van der Waals surface area (Å²) in [5.41, 5.74) is 6.80. The maximum atomic E-state index is 12.2. The fourth-order valence-corrected chi connectivity index (χ4v) is 3.42. The van der Waals surface area contributed by atoms with Crippen molar-refractivity contribution in [3.63, 3.8) is 0 Å². The average molecular weight is 346 g/mol. The summed E-state index contributed by atoms with van der Waals surface area (Å²) in [5, 5.41) is 2.77. The zero-order valence-corrected chi connectivity index (χ0v) is 15.2. The van der Waals surface area contributed by atoms with Gasteiger partial charge in [0, 0.05) is 38.3 Å². The van der Waals surface area contributed by atoms with E-state index in [0.717, 1.165) is 31.4 Å². The van der Waals surface area contributed by atoms with E-state index in [9.17, 15) is 9.59 Å². The van der Waals surface area contributed by atoms with E-state index in [4.69, 9.17) is 5.73 Å². The minimum Gasteiger partial charge on any atom is -0.347 e. The van der Waals surface area contributed by atoms with Crippen molar-refractivity contribution >= 4 is 11.8 Å². The van der Waals surface area contributed by atoms with E-state index in [2.05, 4.69) is 10.3 Å². The molecule has 0 unspecified atom stereocenters. The zero-order chi connectivity index (χ0) is 18.1. The number of amides is 2. The van der Waals surface area contributed by atoms with Crippen LogP contribution in [0.1, 0.15) is 44.2 Å². The van der Waals surface area contributed by atoms with E-state index < -0.39 is 0 Å². The lowest BCUT2D eigenvalue weighted by atomic mass is 9.71. The maximum Gasteiger partial charge on any atom is 0.241 e. The fraction of sp³-hybridized carbons (Fsp3) is 0.632. The zero-order valence-electron chi connectivity index (χ0n) is 15.2. The summed E-state index contributed by atoms with van der Waals surface area (Å²) in [4.78, 5) is 30.3. The van der Waals surface area contributed by atoms with Crippen molar-refractivity contribution < 1.29 is 9.59 Å². The summed E-state index contributed by atoms with van der Waals surface area (Å²) in [7, 11) is 1.75. The number of carbonyl (C=O) groups excluding carboxylic acids is 2. The summed E-state index contributed by atoms with van der Waals surface area (Å²) in [6, 6.07) is 5.74. The van der Waals surface area contributed by atoms with Gasteiger partial charge in [0.05, 0.1) is 6.54 Å². The molecule has 25 heavy (non-hydrogen) atoms. The highest BCUT2D eigenvalue weighted by Gasteiger charge is 2.33. The van der Waals surface area contributed by atoms with Crippen LogP contribution in [-0.2, 0) is 16.0 Å². The number of carbonyl (C=O) groups is 2. The van der Waals surface area contributed by atoms with Gasteiger partial charge < -0.3 is 16.0 Å². The third kappa shape index (κ3) is 6.12. The second-order valence-corrected chi connectivity index (χ2v) is 7.10. The Labute approximate surface area is 150 Å². The first kappa shape index (κ1) is 19.4. The second kappa shape index (κ2) is 9.51. The second-order valence-electron chi connectivity index (χ2n) is 7.10. The molecule has 0 atom stereocenters. The fourth-order valence-electron chi connectivity index (χ4n) is 3.42. The van der Waals surface area contributed by atoms with Gasteiger partial charge in [-0.15, -0.1) is 0 Å². The van der Waals surface area contributed by atoms with Crippen LogP contribution in [0.5, 0.6) is 0 Å². The van der Waals surface area contributed by atoms with Crippen LogP contribution in [0.15, 0.2) is 24.4 Å². The van der Waals surface area contributed by atoms with Gasteiger partial charge in [0.25, 0.3) is 0 Å². The summed E-state index contributed by atoms with van der Waals surface area (Å²) in [6.07, 6.45) is 8.39. The van der Waals surface area contributed by atoms with Crippen molar-refractivity contribution in [2.75, 3.05) is 26.7 Å². The number of aromatic nitrogens is 1. The van der Waals surface area contributed by atoms with E-state index in [1.807, 2.05) is 18.2 Å². The Bertz CT molecular complexity index is 556. The van der Waals surface area contributed by atoms with Crippen LogP contribution >= 0.6 is 0 Å². The molecule has 1 aliphatic rings. The summed E-state index contributed by atoms with van der Waals surface area (Å²) < 4.78 is 0. The van der Waals surface area contributed by atoms with E-state index >= 15 is 0 Å². The molecule has 1 fully saturated rings. The minimum absolute atomic E-state index is 0.0399. The van der Waals surface area contributed by atoms with Crippen LogP contribution in [0.4, 0.5) is 0 Å². The van der Waals surface area contributed by atoms with E-state index in [1.165, 1.54) is 6.42 Å². The first-order valence-corrected chi connectivity index (χ1v) is 9.15. The molecule has 2 rings (SSSR count). The molecule has 1 aromatic rings. The standard InChI is InChI=1S/C19H30N4O2/c1-23(12-8-16-7-3-6-11-21-16)18(25)14-22-17(24)13-19(15-20)9-4-2-5-10-19/h3,6-7,11H,2,4-5,8-10,12-15,20H2,1H3,(H,22,24). The predicted octanol–water partition coefficient (Wildman–Crippen LogP) is 1.50. The van der Waals surface area contributed by atoms with Gasteiger partial charge in [0.2, 0.25) is 11.8 Å². The number of hydrogen-bond donors (Lipinski definition) is 2. The highest BCUT2D eigenvalue weighted by molar-refractivity contribution is 5.84. The first-order chi connectivity index (χ1) is 12.0. The predicted molar refractivity (Wildman–Crippen MR) is 97.8 cm³/mol. The number of pyridine rings is 1. The number of rotatable bonds is 8. The highest BCUT2D eigenvalue weighted by Crippen LogP contribution is 2.38. The first-order valence-electron chi connectivity index (χ1n) is 9.15. The molecule has 138 valence electrons. The van der Waals surface area contributed by atoms with Crippen molar-refractivity contribution in [3.05, 3.63) is 30.1 Å². The molecule has 0 aliphatic heterocycles. The molecule has 0 bridgehead atoms. The number of nitrogens with zero attached hydrogens (tertiary/aromatic N) is 2. The molecular formula is C19H30N4O2. The Morgan fingerprint density at radius 1 is 1.28 bits per heavy atom. The average Bonchev–Trinajstić information content (AvgIpc) is 2.65. The van der Waals surface area contributed by atoms with Gasteiger partial charge in [-0.25, -0.2) is 0 Å². The molecule has 1 aliphatic carbocycles. The van der Waals surface area contributed by atoms with Gasteiger partial charge in [-0.3, -0.25) is 14.6 Å². The van der Waals surface area contributed by atoms with Crippen LogP contribution in [0.25, 0.3) is 0 Å². The van der Waals surface area contributed by atoms with Crippen LogP contribution in [-0.4, -0.2) is 48.4 Å². The topological polar surface area (TPSA) is 88.3 Å². The van der Waals surface area contributed by atoms with E-state index in [-0.39, 0.29) is 23.8 Å². The normalized spacial score (nSPS) is 16.2. The van der Waals surface area contributed by atoms with Crippen molar-refractivity contribution in [2.45, 2.75) is 44.9 Å². The Hall–Kier alpha value is -1.95. The SMILES string of the molecule is CN(CCc1ccccn1)C(=O)CNC(=O)CC1(CN)CCCCC1. The molecule has 3 N–H and O–H groups in total. The molecule has 6 nitrogen and oxygen atoms in total. The summed E-state index contributed by atoms with van der Waals surface area (Å²) in [5.74, 6) is -0.159. The molecule has 1 saturated carbocycles. The Morgan fingerprint density at radius 2 is 2.04 bits per heavy atom. The van der Waals surface area contributed by atoms with Gasteiger partial charge in [-0.1, -0.05) is 25.3 Å².